The second-order valence-electron chi connectivity index (χ2n) is 7.31. The highest BCUT2D eigenvalue weighted by atomic mass is 16.3. The standard InChI is InChI=1S/C20H25N3O3/c1-14-18(19-16(24)7-4-8-17(19)26-14)20(25)23-12-3-2-6-15(23)9-13-22-11-5-10-21-22/h5,10-11,15H,2-4,6-9,12-13H2,1H3. The molecule has 2 aromatic rings. The van der Waals surface area contributed by atoms with E-state index in [2.05, 4.69) is 5.10 Å². The van der Waals surface area contributed by atoms with E-state index in [4.69, 9.17) is 4.42 Å². The number of carbonyl (C=O) groups excluding carboxylic acids is 2. The first-order valence-electron chi connectivity index (χ1n) is 9.59. The molecule has 1 aliphatic carbocycles. The normalized spacial score (nSPS) is 20.3. The van der Waals surface area contributed by atoms with E-state index in [9.17, 15) is 9.59 Å². The lowest BCUT2D eigenvalue weighted by Crippen LogP contribution is -2.44. The Morgan fingerprint density at radius 2 is 2.19 bits per heavy atom. The van der Waals surface area contributed by atoms with Crippen molar-refractivity contribution in [2.75, 3.05) is 6.54 Å². The minimum Gasteiger partial charge on any atom is -0.465 e. The van der Waals surface area contributed by atoms with E-state index in [1.54, 1.807) is 6.20 Å². The predicted octanol–water partition coefficient (Wildman–Crippen LogP) is 3.39. The molecule has 3 heterocycles. The molecule has 0 radical (unpaired) electrons. The largest absolute Gasteiger partial charge is 0.465 e. The summed E-state index contributed by atoms with van der Waals surface area (Å²) in [7, 11) is 0. The molecule has 2 aromatic heterocycles. The Balaban J connectivity index is 1.58. The van der Waals surface area contributed by atoms with Crippen LogP contribution < -0.4 is 0 Å². The van der Waals surface area contributed by atoms with Gasteiger partial charge in [0.05, 0.1) is 11.1 Å². The molecule has 0 saturated carbocycles. The van der Waals surface area contributed by atoms with Crippen molar-refractivity contribution in [1.29, 1.82) is 0 Å². The lowest BCUT2D eigenvalue weighted by Gasteiger charge is -2.36. The third-order valence-corrected chi connectivity index (χ3v) is 5.60. The number of aryl methyl sites for hydroxylation is 3. The quantitative estimate of drug-likeness (QED) is 0.843. The Hall–Kier alpha value is -2.37. The monoisotopic (exact) mass is 355 g/mol. The average molecular weight is 355 g/mol. The van der Waals surface area contributed by atoms with E-state index < -0.39 is 0 Å². The number of ketones is 1. The van der Waals surface area contributed by atoms with Gasteiger partial charge in [-0.15, -0.1) is 0 Å². The van der Waals surface area contributed by atoms with Crippen LogP contribution in [0.25, 0.3) is 0 Å². The Labute approximate surface area is 153 Å². The van der Waals surface area contributed by atoms with Crippen molar-refractivity contribution in [2.45, 2.75) is 64.5 Å². The van der Waals surface area contributed by atoms with Crippen molar-refractivity contribution < 1.29 is 14.0 Å². The second-order valence-corrected chi connectivity index (χ2v) is 7.31. The first-order chi connectivity index (χ1) is 12.6. The van der Waals surface area contributed by atoms with Crippen molar-refractivity contribution in [1.82, 2.24) is 14.7 Å². The number of likely N-dealkylation sites (tertiary alicyclic amines) is 1. The number of furan rings is 1. The summed E-state index contributed by atoms with van der Waals surface area (Å²) in [5, 5.41) is 4.26. The molecule has 2 aliphatic rings. The van der Waals surface area contributed by atoms with Crippen LogP contribution in [-0.4, -0.2) is 39.0 Å². The van der Waals surface area contributed by atoms with E-state index in [0.717, 1.165) is 51.6 Å². The summed E-state index contributed by atoms with van der Waals surface area (Å²) >= 11 is 0. The molecule has 0 bridgehead atoms. The molecule has 26 heavy (non-hydrogen) atoms. The van der Waals surface area contributed by atoms with Crippen LogP contribution in [0.4, 0.5) is 0 Å². The molecule has 138 valence electrons. The van der Waals surface area contributed by atoms with Crippen LogP contribution in [0.2, 0.25) is 0 Å². The van der Waals surface area contributed by atoms with Crippen LogP contribution >= 0.6 is 0 Å². The van der Waals surface area contributed by atoms with Gasteiger partial charge in [0.15, 0.2) is 5.78 Å². The Kier molecular flexibility index (Phi) is 4.66. The number of amides is 1. The van der Waals surface area contributed by atoms with Crippen LogP contribution in [0, 0.1) is 6.92 Å². The summed E-state index contributed by atoms with van der Waals surface area (Å²) in [5.74, 6) is 1.31. The number of Topliss-reactive ketones (excluding diaryl/α,β-unsaturated/α-hetero) is 1. The first kappa shape index (κ1) is 17.1. The van der Waals surface area contributed by atoms with E-state index in [1.807, 2.05) is 28.8 Å². The number of hydrogen-bond acceptors (Lipinski definition) is 4. The fourth-order valence-corrected chi connectivity index (χ4v) is 4.29. The van der Waals surface area contributed by atoms with Gasteiger partial charge in [-0.1, -0.05) is 0 Å². The van der Waals surface area contributed by atoms with Gasteiger partial charge in [0.1, 0.15) is 11.5 Å². The second kappa shape index (κ2) is 7.09. The third kappa shape index (κ3) is 3.08. The molecule has 1 unspecified atom stereocenters. The van der Waals surface area contributed by atoms with Gasteiger partial charge >= 0.3 is 0 Å². The molecule has 0 spiro atoms. The number of carbonyl (C=O) groups is 2. The van der Waals surface area contributed by atoms with Crippen molar-refractivity contribution in [3.8, 4) is 0 Å². The highest BCUT2D eigenvalue weighted by molar-refractivity contribution is 6.10. The fourth-order valence-electron chi connectivity index (χ4n) is 4.29. The summed E-state index contributed by atoms with van der Waals surface area (Å²) < 4.78 is 7.70. The lowest BCUT2D eigenvalue weighted by atomic mass is 9.91. The number of nitrogens with zero attached hydrogens (tertiary/aromatic N) is 3. The van der Waals surface area contributed by atoms with Crippen LogP contribution in [0.1, 0.15) is 70.8 Å². The van der Waals surface area contributed by atoms with Gasteiger partial charge in [0.2, 0.25) is 0 Å². The Morgan fingerprint density at radius 3 is 3.00 bits per heavy atom. The maximum absolute atomic E-state index is 13.4. The van der Waals surface area contributed by atoms with Crippen LogP contribution in [0.5, 0.6) is 0 Å². The summed E-state index contributed by atoms with van der Waals surface area (Å²) in [5.41, 5.74) is 1.06. The molecule has 6 heteroatoms. The summed E-state index contributed by atoms with van der Waals surface area (Å²) in [6, 6.07) is 2.10. The zero-order valence-corrected chi connectivity index (χ0v) is 15.2. The van der Waals surface area contributed by atoms with E-state index >= 15 is 0 Å². The van der Waals surface area contributed by atoms with E-state index in [1.165, 1.54) is 0 Å². The molecular formula is C20H25N3O3. The van der Waals surface area contributed by atoms with Crippen molar-refractivity contribution >= 4 is 11.7 Å². The fraction of sp³-hybridized carbons (Fsp3) is 0.550. The molecule has 1 aliphatic heterocycles. The molecule has 0 N–H and O–H groups in total. The summed E-state index contributed by atoms with van der Waals surface area (Å²) in [6.45, 7) is 3.35. The number of fused-ring (bicyclic) bond motifs is 1. The topological polar surface area (TPSA) is 68.3 Å². The summed E-state index contributed by atoms with van der Waals surface area (Å²) in [4.78, 5) is 27.8. The van der Waals surface area contributed by atoms with Crippen molar-refractivity contribution in [2.24, 2.45) is 0 Å². The average Bonchev–Trinajstić information content (AvgIpc) is 3.27. The highest BCUT2D eigenvalue weighted by Gasteiger charge is 2.35. The molecule has 4 rings (SSSR count). The van der Waals surface area contributed by atoms with E-state index in [0.29, 0.717) is 29.1 Å². The van der Waals surface area contributed by atoms with Gasteiger partial charge in [-0.05, 0) is 45.1 Å². The molecule has 1 saturated heterocycles. The van der Waals surface area contributed by atoms with Gasteiger partial charge < -0.3 is 9.32 Å². The molecule has 6 nitrogen and oxygen atoms in total. The Morgan fingerprint density at radius 1 is 1.31 bits per heavy atom. The highest BCUT2D eigenvalue weighted by Crippen LogP contribution is 2.32. The van der Waals surface area contributed by atoms with Gasteiger partial charge in [-0.3, -0.25) is 14.3 Å². The van der Waals surface area contributed by atoms with Crippen LogP contribution in [-0.2, 0) is 13.0 Å². The van der Waals surface area contributed by atoms with Crippen LogP contribution in [0.15, 0.2) is 22.9 Å². The van der Waals surface area contributed by atoms with Crippen LogP contribution in [0.3, 0.4) is 0 Å². The molecular weight excluding hydrogens is 330 g/mol. The Bertz CT molecular complexity index is 807. The summed E-state index contributed by atoms with van der Waals surface area (Å²) in [6.07, 6.45) is 9.81. The molecule has 0 aromatic carbocycles. The van der Waals surface area contributed by atoms with Crippen molar-refractivity contribution in [3.63, 3.8) is 0 Å². The predicted molar refractivity (Wildman–Crippen MR) is 96.2 cm³/mol. The minimum absolute atomic E-state index is 0.0343. The smallest absolute Gasteiger partial charge is 0.258 e. The van der Waals surface area contributed by atoms with E-state index in [-0.39, 0.29) is 17.7 Å². The number of hydrogen-bond donors (Lipinski definition) is 0. The number of rotatable bonds is 4. The molecule has 1 fully saturated rings. The minimum atomic E-state index is -0.0343. The maximum Gasteiger partial charge on any atom is 0.258 e. The molecule has 1 atom stereocenters. The first-order valence-corrected chi connectivity index (χ1v) is 9.59. The van der Waals surface area contributed by atoms with Gasteiger partial charge in [-0.25, -0.2) is 0 Å². The number of piperidine rings is 1. The van der Waals surface area contributed by atoms with Gasteiger partial charge in [0, 0.05) is 44.4 Å². The third-order valence-electron chi connectivity index (χ3n) is 5.60. The zero-order valence-electron chi connectivity index (χ0n) is 15.2. The zero-order chi connectivity index (χ0) is 18.1. The number of aromatic nitrogens is 2. The van der Waals surface area contributed by atoms with Crippen molar-refractivity contribution in [3.05, 3.63) is 41.1 Å². The SMILES string of the molecule is Cc1oc2c(c1C(=O)N1CCCCC1CCn1cccn1)C(=O)CCC2. The maximum atomic E-state index is 13.4. The van der Waals surface area contributed by atoms with Gasteiger partial charge in [-0.2, -0.15) is 5.10 Å². The lowest BCUT2D eigenvalue weighted by molar-refractivity contribution is 0.0589. The molecule has 1 amide bonds. The van der Waals surface area contributed by atoms with Gasteiger partial charge in [0.25, 0.3) is 5.91 Å².